The van der Waals surface area contributed by atoms with Crippen molar-refractivity contribution in [1.29, 1.82) is 0 Å². The highest BCUT2D eigenvalue weighted by atomic mass is 32.2. The van der Waals surface area contributed by atoms with Gasteiger partial charge in [-0.2, -0.15) is 0 Å². The van der Waals surface area contributed by atoms with Crippen LogP contribution in [-0.4, -0.2) is 18.9 Å². The molecule has 0 aromatic carbocycles. The summed E-state index contributed by atoms with van der Waals surface area (Å²) < 4.78 is 26.4. The van der Waals surface area contributed by atoms with Gasteiger partial charge in [0.25, 0.3) is 0 Å². The Hall–Kier alpha value is -0.570. The Bertz CT molecular complexity index is 426. The van der Waals surface area contributed by atoms with Gasteiger partial charge in [0, 0.05) is 0 Å². The minimum absolute atomic E-state index is 0.332. The average molecular weight is 343 g/mol. The molecule has 0 aliphatic carbocycles. The zero-order valence-electron chi connectivity index (χ0n) is 16.2. The van der Waals surface area contributed by atoms with Crippen LogP contribution in [0, 0.1) is 0 Å². The van der Waals surface area contributed by atoms with Crippen LogP contribution in [0.25, 0.3) is 0 Å². The van der Waals surface area contributed by atoms with E-state index in [4.69, 9.17) is 0 Å². The van der Waals surface area contributed by atoms with Crippen molar-refractivity contribution in [3.8, 4) is 0 Å². The summed E-state index contributed by atoms with van der Waals surface area (Å²) in [6.07, 6.45) is 11.9. The molecule has 23 heavy (non-hydrogen) atoms. The monoisotopic (exact) mass is 342 g/mol. The lowest BCUT2D eigenvalue weighted by atomic mass is 10.1. The first-order valence-corrected chi connectivity index (χ1v) is 10.9. The van der Waals surface area contributed by atoms with Gasteiger partial charge in [0.05, 0.1) is 10.5 Å². The molecular formula is C20H38O2S. The normalized spacial score (nSPS) is 14.2. The second-order valence-corrected chi connectivity index (χ2v) is 9.53. The molecular weight excluding hydrogens is 304 g/mol. The Morgan fingerprint density at radius 1 is 0.739 bits per heavy atom. The summed E-state index contributed by atoms with van der Waals surface area (Å²) in [5.41, 5.74) is 2.19. The minimum Gasteiger partial charge on any atom is -0.228 e. The Morgan fingerprint density at radius 2 is 1.09 bits per heavy atom. The Balaban J connectivity index is 5.37. The third-order valence-electron chi connectivity index (χ3n) is 4.07. The van der Waals surface area contributed by atoms with E-state index < -0.39 is 9.84 Å². The van der Waals surface area contributed by atoms with E-state index in [0.717, 1.165) is 62.5 Å². The molecule has 0 aromatic heterocycles. The fraction of sp³-hybridized carbons (Fsp3) is 0.800. The minimum atomic E-state index is -3.17. The van der Waals surface area contributed by atoms with Crippen molar-refractivity contribution in [2.24, 2.45) is 0 Å². The summed E-state index contributed by atoms with van der Waals surface area (Å²) in [6.45, 7) is 12.3. The van der Waals surface area contributed by atoms with Crippen LogP contribution in [0.2, 0.25) is 0 Å². The highest BCUT2D eigenvalue weighted by molar-refractivity contribution is 7.93. The maximum Gasteiger partial charge on any atom is 0.163 e. The van der Waals surface area contributed by atoms with E-state index in [-0.39, 0.29) is 10.5 Å². The third kappa shape index (κ3) is 9.34. The standard InChI is InChI=1S/C20H38O2S/c1-7-9-11-13-19(15-17(3)4)23(21,22)20(16-18(5)6)14-12-10-8-2/h15-16,19-20H,7-14H2,1-6H3. The third-order valence-corrected chi connectivity index (χ3v) is 6.50. The van der Waals surface area contributed by atoms with Gasteiger partial charge in [-0.1, -0.05) is 75.7 Å². The van der Waals surface area contributed by atoms with Gasteiger partial charge < -0.3 is 0 Å². The topological polar surface area (TPSA) is 34.1 Å². The lowest BCUT2D eigenvalue weighted by Gasteiger charge is -2.21. The highest BCUT2D eigenvalue weighted by Crippen LogP contribution is 2.24. The van der Waals surface area contributed by atoms with Crippen molar-refractivity contribution in [3.63, 3.8) is 0 Å². The molecule has 0 aliphatic rings. The van der Waals surface area contributed by atoms with Crippen LogP contribution < -0.4 is 0 Å². The molecule has 0 N–H and O–H groups in total. The van der Waals surface area contributed by atoms with Gasteiger partial charge in [-0.05, 0) is 40.5 Å². The number of sulfone groups is 1. The quantitative estimate of drug-likeness (QED) is 0.311. The Morgan fingerprint density at radius 3 is 1.35 bits per heavy atom. The van der Waals surface area contributed by atoms with Gasteiger partial charge in [0.2, 0.25) is 0 Å². The molecule has 0 aromatic rings. The predicted octanol–water partition coefficient (Wildman–Crippen LogP) is 6.23. The first-order chi connectivity index (χ1) is 10.8. The van der Waals surface area contributed by atoms with Crippen LogP contribution in [0.4, 0.5) is 0 Å². The summed E-state index contributed by atoms with van der Waals surface area (Å²) >= 11 is 0. The zero-order chi connectivity index (χ0) is 17.9. The molecule has 0 fully saturated rings. The van der Waals surface area contributed by atoms with E-state index >= 15 is 0 Å². The van der Waals surface area contributed by atoms with Crippen molar-refractivity contribution < 1.29 is 8.42 Å². The van der Waals surface area contributed by atoms with E-state index in [1.54, 1.807) is 0 Å². The van der Waals surface area contributed by atoms with Gasteiger partial charge in [-0.25, -0.2) is 8.42 Å². The maximum atomic E-state index is 13.2. The van der Waals surface area contributed by atoms with Crippen molar-refractivity contribution in [1.82, 2.24) is 0 Å². The molecule has 0 bridgehead atoms. The molecule has 2 unspecified atom stereocenters. The molecule has 0 spiro atoms. The van der Waals surface area contributed by atoms with Crippen LogP contribution in [0.1, 0.15) is 92.9 Å². The number of rotatable bonds is 12. The van der Waals surface area contributed by atoms with Gasteiger partial charge >= 0.3 is 0 Å². The van der Waals surface area contributed by atoms with Crippen molar-refractivity contribution in [3.05, 3.63) is 23.3 Å². The fourth-order valence-corrected chi connectivity index (χ4v) is 5.21. The van der Waals surface area contributed by atoms with E-state index in [0.29, 0.717) is 0 Å². The second kappa shape index (κ2) is 11.9. The number of hydrogen-bond acceptors (Lipinski definition) is 2. The lowest BCUT2D eigenvalue weighted by Crippen LogP contribution is -2.30. The summed E-state index contributed by atoms with van der Waals surface area (Å²) in [5.74, 6) is 0. The summed E-state index contributed by atoms with van der Waals surface area (Å²) in [4.78, 5) is 0. The maximum absolute atomic E-state index is 13.2. The SMILES string of the molecule is CCCCCC(C=C(C)C)S(=O)(=O)C(C=C(C)C)CCCCC. The van der Waals surface area contributed by atoms with E-state index in [1.165, 1.54) is 0 Å². The van der Waals surface area contributed by atoms with Crippen molar-refractivity contribution in [2.45, 2.75) is 103 Å². The van der Waals surface area contributed by atoms with Gasteiger partial charge in [-0.15, -0.1) is 0 Å². The smallest absolute Gasteiger partial charge is 0.163 e. The van der Waals surface area contributed by atoms with Crippen LogP contribution in [0.15, 0.2) is 23.3 Å². The number of unbranched alkanes of at least 4 members (excludes halogenated alkanes) is 4. The van der Waals surface area contributed by atoms with Gasteiger partial charge in [0.15, 0.2) is 9.84 Å². The molecule has 0 amide bonds. The Labute approximate surface area is 145 Å². The van der Waals surface area contributed by atoms with Crippen LogP contribution in [-0.2, 0) is 9.84 Å². The Kier molecular flexibility index (Phi) is 11.6. The van der Waals surface area contributed by atoms with Crippen LogP contribution in [0.3, 0.4) is 0 Å². The summed E-state index contributed by atoms with van der Waals surface area (Å²) in [5, 5.41) is -0.664. The van der Waals surface area contributed by atoms with E-state index in [1.807, 2.05) is 39.8 Å². The molecule has 3 heteroatoms. The molecule has 0 radical (unpaired) electrons. The number of allylic oxidation sites excluding steroid dienone is 2. The van der Waals surface area contributed by atoms with Crippen LogP contribution >= 0.6 is 0 Å². The second-order valence-electron chi connectivity index (χ2n) is 7.15. The number of hydrogen-bond donors (Lipinski definition) is 0. The summed E-state index contributed by atoms with van der Waals surface area (Å²) in [7, 11) is -3.17. The molecule has 0 rings (SSSR count). The van der Waals surface area contributed by atoms with Crippen LogP contribution in [0.5, 0.6) is 0 Å². The molecule has 0 aliphatic heterocycles. The first-order valence-electron chi connectivity index (χ1n) is 9.28. The zero-order valence-corrected chi connectivity index (χ0v) is 17.0. The molecule has 136 valence electrons. The molecule has 0 saturated heterocycles. The molecule has 0 heterocycles. The van der Waals surface area contributed by atoms with E-state index in [9.17, 15) is 8.42 Å². The average Bonchev–Trinajstić information content (AvgIpc) is 2.44. The molecule has 2 nitrogen and oxygen atoms in total. The van der Waals surface area contributed by atoms with Crippen molar-refractivity contribution >= 4 is 9.84 Å². The van der Waals surface area contributed by atoms with Crippen molar-refractivity contribution in [2.75, 3.05) is 0 Å². The predicted molar refractivity (Wildman–Crippen MR) is 104 cm³/mol. The lowest BCUT2D eigenvalue weighted by molar-refractivity contribution is 0.557. The van der Waals surface area contributed by atoms with Gasteiger partial charge in [-0.3, -0.25) is 0 Å². The largest absolute Gasteiger partial charge is 0.228 e. The molecule has 0 saturated carbocycles. The summed E-state index contributed by atoms with van der Waals surface area (Å²) in [6, 6.07) is 0. The fourth-order valence-electron chi connectivity index (χ4n) is 2.84. The first kappa shape index (κ1) is 22.4. The van der Waals surface area contributed by atoms with E-state index in [2.05, 4.69) is 13.8 Å². The molecule has 2 atom stereocenters. The van der Waals surface area contributed by atoms with Gasteiger partial charge in [0.1, 0.15) is 0 Å². The highest BCUT2D eigenvalue weighted by Gasteiger charge is 2.30.